The van der Waals surface area contributed by atoms with Gasteiger partial charge in [-0.3, -0.25) is 0 Å². The summed E-state index contributed by atoms with van der Waals surface area (Å²) < 4.78 is 4.48. The van der Waals surface area contributed by atoms with Gasteiger partial charge in [0, 0.05) is 40.8 Å². The van der Waals surface area contributed by atoms with Crippen molar-refractivity contribution in [3.63, 3.8) is 0 Å². The van der Waals surface area contributed by atoms with E-state index in [4.69, 9.17) is 0 Å². The highest BCUT2D eigenvalue weighted by Gasteiger charge is 2.18. The molecule has 2 heterocycles. The zero-order chi connectivity index (χ0) is 14.5. The maximum atomic E-state index is 4.49. The van der Waals surface area contributed by atoms with E-state index < -0.39 is 0 Å². The quantitative estimate of drug-likeness (QED) is 0.698. The first kappa shape index (κ1) is 16.2. The Labute approximate surface area is 141 Å². The van der Waals surface area contributed by atoms with Gasteiger partial charge in [0.25, 0.3) is 0 Å². The highest BCUT2D eigenvalue weighted by atomic mass is 79.9. The van der Waals surface area contributed by atoms with E-state index in [-0.39, 0.29) is 0 Å². The summed E-state index contributed by atoms with van der Waals surface area (Å²) in [6, 6.07) is 2.51. The molecule has 0 aliphatic rings. The SMILES string of the molecule is CCCNC(Cc1nccn1CC)c1cc(Br)c(Br)s1. The van der Waals surface area contributed by atoms with Crippen molar-refractivity contribution in [1.82, 2.24) is 14.9 Å². The van der Waals surface area contributed by atoms with Crippen LogP contribution in [0.4, 0.5) is 0 Å². The number of halogens is 2. The molecule has 0 fully saturated rings. The molecule has 2 aromatic heterocycles. The Kier molecular flexibility index (Phi) is 6.26. The second kappa shape index (κ2) is 7.73. The van der Waals surface area contributed by atoms with Crippen LogP contribution < -0.4 is 5.32 Å². The van der Waals surface area contributed by atoms with E-state index in [9.17, 15) is 0 Å². The summed E-state index contributed by atoms with van der Waals surface area (Å²) in [5.41, 5.74) is 0. The van der Waals surface area contributed by atoms with E-state index in [1.807, 2.05) is 12.4 Å². The van der Waals surface area contributed by atoms with Crippen LogP contribution in [0.1, 0.15) is 37.0 Å². The fourth-order valence-corrected chi connectivity index (χ4v) is 4.29. The second-order valence-corrected chi connectivity index (χ2v) is 7.87. The lowest BCUT2D eigenvalue weighted by atomic mass is 10.1. The summed E-state index contributed by atoms with van der Waals surface area (Å²) in [7, 11) is 0. The van der Waals surface area contributed by atoms with Crippen LogP contribution in [0.3, 0.4) is 0 Å². The average Bonchev–Trinajstić information content (AvgIpc) is 3.01. The van der Waals surface area contributed by atoms with Crippen LogP contribution in [0.5, 0.6) is 0 Å². The van der Waals surface area contributed by atoms with E-state index in [1.165, 1.54) is 4.88 Å². The molecular formula is C14H19Br2N3S. The van der Waals surface area contributed by atoms with Gasteiger partial charge in [-0.2, -0.15) is 0 Å². The fourth-order valence-electron chi connectivity index (χ4n) is 2.13. The standard InChI is InChI=1S/C14H19Br2N3S/c1-3-5-17-11(12-8-10(15)14(16)20-12)9-13-18-6-7-19(13)4-2/h6-8,11,17H,3-5,9H2,1-2H3. The molecule has 0 saturated heterocycles. The molecule has 0 bridgehead atoms. The highest BCUT2D eigenvalue weighted by molar-refractivity contribution is 9.13. The molecule has 20 heavy (non-hydrogen) atoms. The van der Waals surface area contributed by atoms with Crippen molar-refractivity contribution in [3.05, 3.63) is 37.4 Å². The summed E-state index contributed by atoms with van der Waals surface area (Å²) in [6.45, 7) is 6.33. The Balaban J connectivity index is 2.19. The van der Waals surface area contributed by atoms with E-state index in [2.05, 4.69) is 66.6 Å². The fraction of sp³-hybridized carbons (Fsp3) is 0.500. The monoisotopic (exact) mass is 419 g/mol. The van der Waals surface area contributed by atoms with Crippen molar-refractivity contribution >= 4 is 43.2 Å². The van der Waals surface area contributed by atoms with Gasteiger partial charge in [0.1, 0.15) is 5.82 Å². The van der Waals surface area contributed by atoms with Crippen LogP contribution in [0.2, 0.25) is 0 Å². The summed E-state index contributed by atoms with van der Waals surface area (Å²) >= 11 is 8.93. The Morgan fingerprint density at radius 2 is 2.20 bits per heavy atom. The number of rotatable bonds is 7. The first-order chi connectivity index (χ1) is 9.65. The molecule has 0 aliphatic heterocycles. The molecule has 0 aromatic carbocycles. The average molecular weight is 421 g/mol. The molecule has 1 N–H and O–H groups in total. The Hall–Kier alpha value is -0.170. The first-order valence-corrected chi connectivity index (χ1v) is 9.24. The second-order valence-electron chi connectivity index (χ2n) is 4.61. The van der Waals surface area contributed by atoms with Crippen LogP contribution >= 0.6 is 43.2 Å². The largest absolute Gasteiger partial charge is 0.335 e. The minimum absolute atomic E-state index is 0.315. The molecule has 110 valence electrons. The van der Waals surface area contributed by atoms with E-state index in [0.717, 1.165) is 40.0 Å². The number of hydrogen-bond donors (Lipinski definition) is 1. The van der Waals surface area contributed by atoms with Crippen molar-refractivity contribution in [2.75, 3.05) is 6.54 Å². The van der Waals surface area contributed by atoms with Crippen molar-refractivity contribution in [2.45, 2.75) is 39.3 Å². The molecule has 0 amide bonds. The van der Waals surface area contributed by atoms with Gasteiger partial charge in [-0.25, -0.2) is 4.98 Å². The summed E-state index contributed by atoms with van der Waals surface area (Å²) in [5.74, 6) is 1.14. The number of hydrogen-bond acceptors (Lipinski definition) is 3. The Morgan fingerprint density at radius 1 is 1.40 bits per heavy atom. The molecule has 6 heteroatoms. The van der Waals surface area contributed by atoms with Gasteiger partial charge in [0.2, 0.25) is 0 Å². The molecule has 0 saturated carbocycles. The molecule has 0 spiro atoms. The predicted molar refractivity (Wildman–Crippen MR) is 92.4 cm³/mol. The number of nitrogens with one attached hydrogen (secondary N) is 1. The topological polar surface area (TPSA) is 29.9 Å². The van der Waals surface area contributed by atoms with Gasteiger partial charge in [0.05, 0.1) is 3.79 Å². The van der Waals surface area contributed by atoms with Crippen LogP contribution in [0, 0.1) is 0 Å². The zero-order valence-corrected chi connectivity index (χ0v) is 15.7. The molecule has 3 nitrogen and oxygen atoms in total. The lowest BCUT2D eigenvalue weighted by molar-refractivity contribution is 0.513. The highest BCUT2D eigenvalue weighted by Crippen LogP contribution is 2.36. The molecule has 0 radical (unpaired) electrons. The minimum Gasteiger partial charge on any atom is -0.335 e. The third kappa shape index (κ3) is 3.93. The van der Waals surface area contributed by atoms with E-state index in [0.29, 0.717) is 6.04 Å². The van der Waals surface area contributed by atoms with Gasteiger partial charge < -0.3 is 9.88 Å². The molecule has 2 aromatic rings. The molecule has 1 atom stereocenters. The van der Waals surface area contributed by atoms with Crippen molar-refractivity contribution in [3.8, 4) is 0 Å². The Morgan fingerprint density at radius 3 is 2.80 bits per heavy atom. The van der Waals surface area contributed by atoms with Crippen LogP contribution in [-0.4, -0.2) is 16.1 Å². The molecule has 1 unspecified atom stereocenters. The zero-order valence-electron chi connectivity index (χ0n) is 11.7. The summed E-state index contributed by atoms with van der Waals surface area (Å²) in [5, 5.41) is 3.63. The number of thiophene rings is 1. The van der Waals surface area contributed by atoms with Gasteiger partial charge in [-0.05, 0) is 57.8 Å². The lowest BCUT2D eigenvalue weighted by Gasteiger charge is -2.17. The first-order valence-electron chi connectivity index (χ1n) is 6.83. The predicted octanol–water partition coefficient (Wildman–Crippen LogP) is 4.77. The van der Waals surface area contributed by atoms with Crippen molar-refractivity contribution in [2.24, 2.45) is 0 Å². The van der Waals surface area contributed by atoms with Gasteiger partial charge >= 0.3 is 0 Å². The van der Waals surface area contributed by atoms with Gasteiger partial charge in [-0.1, -0.05) is 6.92 Å². The van der Waals surface area contributed by atoms with Crippen LogP contribution in [-0.2, 0) is 13.0 Å². The number of aryl methyl sites for hydroxylation is 1. The van der Waals surface area contributed by atoms with Crippen molar-refractivity contribution < 1.29 is 0 Å². The third-order valence-corrected chi connectivity index (χ3v) is 6.55. The normalized spacial score (nSPS) is 12.8. The van der Waals surface area contributed by atoms with Crippen LogP contribution in [0.15, 0.2) is 26.7 Å². The molecular weight excluding hydrogens is 402 g/mol. The molecule has 2 rings (SSSR count). The third-order valence-electron chi connectivity index (χ3n) is 3.18. The van der Waals surface area contributed by atoms with Crippen LogP contribution in [0.25, 0.3) is 0 Å². The Bertz CT molecular complexity index is 531. The van der Waals surface area contributed by atoms with Gasteiger partial charge in [0.15, 0.2) is 0 Å². The van der Waals surface area contributed by atoms with E-state index in [1.54, 1.807) is 11.3 Å². The molecule has 0 aliphatic carbocycles. The number of aromatic nitrogens is 2. The number of imidazole rings is 1. The smallest absolute Gasteiger partial charge is 0.110 e. The van der Waals surface area contributed by atoms with E-state index >= 15 is 0 Å². The lowest BCUT2D eigenvalue weighted by Crippen LogP contribution is -2.24. The van der Waals surface area contributed by atoms with Gasteiger partial charge in [-0.15, -0.1) is 11.3 Å². The minimum atomic E-state index is 0.315. The van der Waals surface area contributed by atoms with Crippen molar-refractivity contribution in [1.29, 1.82) is 0 Å². The summed E-state index contributed by atoms with van der Waals surface area (Å²) in [4.78, 5) is 5.83. The summed E-state index contributed by atoms with van der Waals surface area (Å²) in [6.07, 6.45) is 5.98. The maximum absolute atomic E-state index is 4.49. The maximum Gasteiger partial charge on any atom is 0.110 e. The number of nitrogens with zero attached hydrogens (tertiary/aromatic N) is 2.